The van der Waals surface area contributed by atoms with E-state index in [2.05, 4.69) is 32.7 Å². The summed E-state index contributed by atoms with van der Waals surface area (Å²) in [7, 11) is 1.75. The van der Waals surface area contributed by atoms with E-state index in [0.717, 1.165) is 74.2 Å². The Morgan fingerprint density at radius 2 is 1.97 bits per heavy atom. The Labute approximate surface area is 207 Å². The minimum Gasteiger partial charge on any atom is -0.492 e. The largest absolute Gasteiger partial charge is 0.492 e. The number of hydrogen-bond acceptors (Lipinski definition) is 4. The number of nitrogens with one attached hydrogen (secondary N) is 2. The van der Waals surface area contributed by atoms with Crippen LogP contribution in [0.4, 0.5) is 4.39 Å². The minimum absolute atomic E-state index is 0. The molecule has 0 bridgehead atoms. The number of halogens is 2. The van der Waals surface area contributed by atoms with Crippen LogP contribution in [-0.4, -0.2) is 63.9 Å². The SMILES string of the molecule is CN=C(NCCc1ccc(F)cc1C)NCc1cccc(OCCN2CCOCC2)c1.I. The molecule has 32 heavy (non-hydrogen) atoms. The number of guanidine groups is 1. The summed E-state index contributed by atoms with van der Waals surface area (Å²) in [5, 5.41) is 6.65. The van der Waals surface area contributed by atoms with Gasteiger partial charge in [0.25, 0.3) is 0 Å². The fraction of sp³-hybridized carbons (Fsp3) is 0.458. The Morgan fingerprint density at radius 3 is 2.72 bits per heavy atom. The normalized spacial score (nSPS) is 14.5. The Morgan fingerprint density at radius 1 is 1.16 bits per heavy atom. The molecular formula is C24H34FIN4O2. The highest BCUT2D eigenvalue weighted by Gasteiger charge is 2.10. The fourth-order valence-electron chi connectivity index (χ4n) is 3.52. The molecule has 2 N–H and O–H groups in total. The fourth-order valence-corrected chi connectivity index (χ4v) is 3.52. The average molecular weight is 556 g/mol. The van der Waals surface area contributed by atoms with Crippen LogP contribution in [0.2, 0.25) is 0 Å². The number of hydrogen-bond donors (Lipinski definition) is 2. The molecule has 0 aromatic heterocycles. The third-order valence-electron chi connectivity index (χ3n) is 5.35. The van der Waals surface area contributed by atoms with Crippen molar-refractivity contribution >= 4 is 29.9 Å². The molecular weight excluding hydrogens is 522 g/mol. The summed E-state index contributed by atoms with van der Waals surface area (Å²) < 4.78 is 24.5. The van der Waals surface area contributed by atoms with Gasteiger partial charge in [0.15, 0.2) is 5.96 Å². The monoisotopic (exact) mass is 556 g/mol. The van der Waals surface area contributed by atoms with Crippen LogP contribution in [0.5, 0.6) is 5.75 Å². The topological polar surface area (TPSA) is 58.1 Å². The van der Waals surface area contributed by atoms with E-state index in [9.17, 15) is 4.39 Å². The van der Waals surface area contributed by atoms with Gasteiger partial charge in [0, 0.05) is 39.8 Å². The molecule has 0 radical (unpaired) electrons. The number of aryl methyl sites for hydroxylation is 1. The van der Waals surface area contributed by atoms with E-state index in [1.807, 2.05) is 25.1 Å². The maximum absolute atomic E-state index is 13.2. The van der Waals surface area contributed by atoms with Crippen molar-refractivity contribution in [3.63, 3.8) is 0 Å². The van der Waals surface area contributed by atoms with E-state index in [-0.39, 0.29) is 29.8 Å². The van der Waals surface area contributed by atoms with E-state index >= 15 is 0 Å². The summed E-state index contributed by atoms with van der Waals surface area (Å²) in [5.74, 6) is 1.42. The zero-order valence-corrected chi connectivity index (χ0v) is 21.2. The first-order valence-corrected chi connectivity index (χ1v) is 10.9. The van der Waals surface area contributed by atoms with E-state index in [0.29, 0.717) is 13.2 Å². The van der Waals surface area contributed by atoms with Gasteiger partial charge in [-0.05, 0) is 54.3 Å². The van der Waals surface area contributed by atoms with Crippen molar-refractivity contribution < 1.29 is 13.9 Å². The number of aliphatic imine (C=N–C) groups is 1. The van der Waals surface area contributed by atoms with Crippen molar-refractivity contribution in [3.05, 3.63) is 65.0 Å². The smallest absolute Gasteiger partial charge is 0.191 e. The van der Waals surface area contributed by atoms with Crippen molar-refractivity contribution in [1.29, 1.82) is 0 Å². The van der Waals surface area contributed by atoms with Gasteiger partial charge >= 0.3 is 0 Å². The molecule has 8 heteroatoms. The molecule has 1 saturated heterocycles. The van der Waals surface area contributed by atoms with Gasteiger partial charge in [0.1, 0.15) is 18.2 Å². The van der Waals surface area contributed by atoms with Crippen LogP contribution in [0.3, 0.4) is 0 Å². The lowest BCUT2D eigenvalue weighted by molar-refractivity contribution is 0.0322. The van der Waals surface area contributed by atoms with Crippen LogP contribution in [0, 0.1) is 12.7 Å². The van der Waals surface area contributed by atoms with E-state index in [4.69, 9.17) is 9.47 Å². The summed E-state index contributed by atoms with van der Waals surface area (Å²) >= 11 is 0. The first-order chi connectivity index (χ1) is 15.1. The highest BCUT2D eigenvalue weighted by Crippen LogP contribution is 2.13. The van der Waals surface area contributed by atoms with Gasteiger partial charge in [0.2, 0.25) is 0 Å². The van der Waals surface area contributed by atoms with E-state index < -0.39 is 0 Å². The van der Waals surface area contributed by atoms with Crippen molar-refractivity contribution in [2.75, 3.05) is 53.0 Å². The predicted octanol–water partition coefficient (Wildman–Crippen LogP) is 3.37. The molecule has 0 amide bonds. The molecule has 0 spiro atoms. The molecule has 176 valence electrons. The van der Waals surface area contributed by atoms with E-state index in [1.54, 1.807) is 13.1 Å². The highest BCUT2D eigenvalue weighted by molar-refractivity contribution is 14.0. The predicted molar refractivity (Wildman–Crippen MR) is 138 cm³/mol. The Balaban J connectivity index is 0.00000363. The van der Waals surface area contributed by atoms with Gasteiger partial charge in [-0.15, -0.1) is 24.0 Å². The number of ether oxygens (including phenoxy) is 2. The Hall–Kier alpha value is -1.91. The quantitative estimate of drug-likeness (QED) is 0.282. The van der Waals surface area contributed by atoms with Crippen LogP contribution in [0.15, 0.2) is 47.5 Å². The second-order valence-electron chi connectivity index (χ2n) is 7.62. The van der Waals surface area contributed by atoms with Crippen molar-refractivity contribution in [3.8, 4) is 5.75 Å². The number of nitrogens with zero attached hydrogens (tertiary/aromatic N) is 2. The van der Waals surface area contributed by atoms with Crippen LogP contribution >= 0.6 is 24.0 Å². The van der Waals surface area contributed by atoms with Gasteiger partial charge in [-0.3, -0.25) is 9.89 Å². The molecule has 0 unspecified atom stereocenters. The Bertz CT molecular complexity index is 860. The zero-order chi connectivity index (χ0) is 21.9. The molecule has 1 heterocycles. The van der Waals surface area contributed by atoms with E-state index in [1.165, 1.54) is 6.07 Å². The van der Waals surface area contributed by atoms with Crippen LogP contribution < -0.4 is 15.4 Å². The molecule has 2 aromatic carbocycles. The standard InChI is InChI=1S/C24H33FN4O2.HI/c1-19-16-22(25)7-6-21(19)8-9-27-24(26-2)28-18-20-4-3-5-23(17-20)31-15-12-29-10-13-30-14-11-29;/h3-7,16-17H,8-15,18H2,1-2H3,(H2,26,27,28);1H. The molecule has 2 aromatic rings. The third kappa shape index (κ3) is 8.91. The van der Waals surface area contributed by atoms with Gasteiger partial charge in [0.05, 0.1) is 13.2 Å². The second kappa shape index (κ2) is 14.3. The van der Waals surface area contributed by atoms with Crippen molar-refractivity contribution in [1.82, 2.24) is 15.5 Å². The highest BCUT2D eigenvalue weighted by atomic mass is 127. The second-order valence-corrected chi connectivity index (χ2v) is 7.62. The van der Waals surface area contributed by atoms with Crippen LogP contribution in [0.1, 0.15) is 16.7 Å². The van der Waals surface area contributed by atoms with Crippen molar-refractivity contribution in [2.45, 2.75) is 19.9 Å². The molecule has 1 fully saturated rings. The number of rotatable bonds is 9. The first kappa shape index (κ1) is 26.3. The molecule has 0 saturated carbocycles. The molecule has 0 aliphatic carbocycles. The molecule has 6 nitrogen and oxygen atoms in total. The van der Waals surface area contributed by atoms with Crippen LogP contribution in [-0.2, 0) is 17.7 Å². The lowest BCUT2D eigenvalue weighted by Gasteiger charge is -2.26. The number of benzene rings is 2. The summed E-state index contributed by atoms with van der Waals surface area (Å²) in [6, 6.07) is 13.0. The molecule has 1 aliphatic heterocycles. The lowest BCUT2D eigenvalue weighted by Crippen LogP contribution is -2.38. The van der Waals surface area contributed by atoms with Gasteiger partial charge < -0.3 is 20.1 Å². The van der Waals surface area contributed by atoms with Gasteiger partial charge in [-0.25, -0.2) is 4.39 Å². The average Bonchev–Trinajstić information content (AvgIpc) is 2.78. The molecule has 1 aliphatic rings. The summed E-state index contributed by atoms with van der Waals surface area (Å²) in [6.07, 6.45) is 0.805. The third-order valence-corrected chi connectivity index (χ3v) is 5.35. The maximum Gasteiger partial charge on any atom is 0.191 e. The summed E-state index contributed by atoms with van der Waals surface area (Å²) in [5.41, 5.74) is 3.22. The summed E-state index contributed by atoms with van der Waals surface area (Å²) in [6.45, 7) is 8.44. The van der Waals surface area contributed by atoms with Gasteiger partial charge in [-0.2, -0.15) is 0 Å². The van der Waals surface area contributed by atoms with Gasteiger partial charge in [-0.1, -0.05) is 18.2 Å². The van der Waals surface area contributed by atoms with Crippen molar-refractivity contribution in [2.24, 2.45) is 4.99 Å². The maximum atomic E-state index is 13.2. The zero-order valence-electron chi connectivity index (χ0n) is 18.9. The molecule has 3 rings (SSSR count). The Kier molecular flexibility index (Phi) is 11.8. The minimum atomic E-state index is -0.195. The number of morpholine rings is 1. The van der Waals surface area contributed by atoms with Crippen LogP contribution in [0.25, 0.3) is 0 Å². The first-order valence-electron chi connectivity index (χ1n) is 10.9. The summed E-state index contributed by atoms with van der Waals surface area (Å²) in [4.78, 5) is 6.64. The molecule has 0 atom stereocenters. The lowest BCUT2D eigenvalue weighted by atomic mass is 10.1.